The summed E-state index contributed by atoms with van der Waals surface area (Å²) in [5, 5.41) is 21.0. The second-order valence-electron chi connectivity index (χ2n) is 6.98. The van der Waals surface area contributed by atoms with Gasteiger partial charge in [0, 0.05) is 19.6 Å². The molecular weight excluding hydrogens is 330 g/mol. The van der Waals surface area contributed by atoms with Crippen LogP contribution in [-0.2, 0) is 11.3 Å². The SMILES string of the molecule is CC(c1nnnn1C1CC1)N1CCN(Cc2ccc(C#N)cc2)C(=O)C1. The predicted octanol–water partition coefficient (Wildman–Crippen LogP) is 1.29. The van der Waals surface area contributed by atoms with Gasteiger partial charge < -0.3 is 4.90 Å². The van der Waals surface area contributed by atoms with Gasteiger partial charge in [-0.2, -0.15) is 5.26 Å². The van der Waals surface area contributed by atoms with Gasteiger partial charge in [0.25, 0.3) is 0 Å². The molecule has 0 radical (unpaired) electrons. The Bertz CT molecular complexity index is 834. The lowest BCUT2D eigenvalue weighted by molar-refractivity contribution is -0.137. The zero-order chi connectivity index (χ0) is 18.1. The summed E-state index contributed by atoms with van der Waals surface area (Å²) in [6, 6.07) is 9.95. The first-order valence-corrected chi connectivity index (χ1v) is 8.94. The van der Waals surface area contributed by atoms with Gasteiger partial charge in [0.05, 0.1) is 30.3 Å². The van der Waals surface area contributed by atoms with Crippen LogP contribution in [0, 0.1) is 11.3 Å². The Labute approximate surface area is 152 Å². The fraction of sp³-hybridized carbons (Fsp3) is 0.500. The molecule has 2 fully saturated rings. The molecule has 8 heteroatoms. The Hall–Kier alpha value is -2.79. The zero-order valence-electron chi connectivity index (χ0n) is 14.7. The Morgan fingerprint density at radius 2 is 2.04 bits per heavy atom. The highest BCUT2D eigenvalue weighted by Crippen LogP contribution is 2.36. The van der Waals surface area contributed by atoms with E-state index in [1.54, 1.807) is 12.1 Å². The molecule has 1 aliphatic carbocycles. The smallest absolute Gasteiger partial charge is 0.237 e. The molecule has 1 amide bonds. The molecule has 1 unspecified atom stereocenters. The number of hydrogen-bond acceptors (Lipinski definition) is 6. The van der Waals surface area contributed by atoms with Crippen LogP contribution >= 0.6 is 0 Å². The minimum Gasteiger partial charge on any atom is -0.336 e. The molecule has 2 heterocycles. The van der Waals surface area contributed by atoms with Crippen molar-refractivity contribution in [3.05, 3.63) is 41.2 Å². The van der Waals surface area contributed by atoms with E-state index < -0.39 is 0 Å². The number of nitriles is 1. The van der Waals surface area contributed by atoms with Crippen molar-refractivity contribution in [1.29, 1.82) is 5.26 Å². The lowest BCUT2D eigenvalue weighted by Crippen LogP contribution is -2.50. The van der Waals surface area contributed by atoms with Crippen LogP contribution < -0.4 is 0 Å². The summed E-state index contributed by atoms with van der Waals surface area (Å²) in [6.07, 6.45) is 2.25. The molecule has 4 rings (SSSR count). The highest BCUT2D eigenvalue weighted by atomic mass is 16.2. The normalized spacial score (nSPS) is 19.4. The van der Waals surface area contributed by atoms with Gasteiger partial charge in [-0.1, -0.05) is 12.1 Å². The van der Waals surface area contributed by atoms with Crippen LogP contribution in [0.1, 0.15) is 48.8 Å². The number of carbonyl (C=O) groups is 1. The molecule has 0 bridgehead atoms. The van der Waals surface area contributed by atoms with Crippen LogP contribution in [0.4, 0.5) is 0 Å². The standard InChI is InChI=1S/C18H21N7O/c1-13(18-20-21-22-25(18)16-6-7-16)23-8-9-24(17(26)12-23)11-15-4-2-14(10-19)3-5-15/h2-5,13,16H,6-9,11-12H2,1H3. The van der Waals surface area contributed by atoms with Gasteiger partial charge in [0.15, 0.2) is 5.82 Å². The van der Waals surface area contributed by atoms with E-state index in [1.807, 2.05) is 21.7 Å². The molecule has 1 atom stereocenters. The maximum atomic E-state index is 12.6. The summed E-state index contributed by atoms with van der Waals surface area (Å²) in [6.45, 7) is 4.48. The van der Waals surface area contributed by atoms with Crippen LogP contribution in [0.2, 0.25) is 0 Å². The fourth-order valence-corrected chi connectivity index (χ4v) is 3.35. The van der Waals surface area contributed by atoms with Crippen molar-refractivity contribution < 1.29 is 4.79 Å². The lowest BCUT2D eigenvalue weighted by Gasteiger charge is -2.37. The van der Waals surface area contributed by atoms with Gasteiger partial charge >= 0.3 is 0 Å². The van der Waals surface area contributed by atoms with Crippen molar-refractivity contribution >= 4 is 5.91 Å². The number of nitrogens with zero attached hydrogens (tertiary/aromatic N) is 7. The topological polar surface area (TPSA) is 90.9 Å². The van der Waals surface area contributed by atoms with Gasteiger partial charge in [0.2, 0.25) is 5.91 Å². The van der Waals surface area contributed by atoms with Crippen molar-refractivity contribution in [1.82, 2.24) is 30.0 Å². The number of carbonyl (C=O) groups excluding carboxylic acids is 1. The summed E-state index contributed by atoms with van der Waals surface area (Å²) in [4.78, 5) is 16.6. The summed E-state index contributed by atoms with van der Waals surface area (Å²) >= 11 is 0. The Kier molecular flexibility index (Phi) is 4.39. The molecule has 1 saturated heterocycles. The van der Waals surface area contributed by atoms with Crippen LogP contribution in [0.3, 0.4) is 0 Å². The first-order chi connectivity index (χ1) is 12.7. The minimum atomic E-state index is 0.0200. The Morgan fingerprint density at radius 1 is 1.27 bits per heavy atom. The summed E-state index contributed by atoms with van der Waals surface area (Å²) in [7, 11) is 0. The highest BCUT2D eigenvalue weighted by molar-refractivity contribution is 5.79. The molecule has 134 valence electrons. The fourth-order valence-electron chi connectivity index (χ4n) is 3.35. The third-order valence-electron chi connectivity index (χ3n) is 5.14. The van der Waals surface area contributed by atoms with E-state index in [4.69, 9.17) is 5.26 Å². The van der Waals surface area contributed by atoms with Crippen molar-refractivity contribution in [3.63, 3.8) is 0 Å². The van der Waals surface area contributed by atoms with Crippen LogP contribution in [-0.4, -0.2) is 55.5 Å². The number of hydrogen-bond donors (Lipinski definition) is 0. The number of rotatable bonds is 5. The van der Waals surface area contributed by atoms with Crippen molar-refractivity contribution in [2.24, 2.45) is 0 Å². The maximum absolute atomic E-state index is 12.6. The molecule has 26 heavy (non-hydrogen) atoms. The molecular formula is C18H21N7O. The van der Waals surface area contributed by atoms with Crippen LogP contribution in [0.15, 0.2) is 24.3 Å². The van der Waals surface area contributed by atoms with Gasteiger partial charge in [-0.05, 0) is 47.9 Å². The lowest BCUT2D eigenvalue weighted by atomic mass is 10.1. The van der Waals surface area contributed by atoms with Gasteiger partial charge in [0.1, 0.15) is 0 Å². The molecule has 2 aliphatic rings. The van der Waals surface area contributed by atoms with E-state index in [9.17, 15) is 4.79 Å². The molecule has 1 aromatic heterocycles. The van der Waals surface area contributed by atoms with E-state index in [2.05, 4.69) is 33.4 Å². The van der Waals surface area contributed by atoms with E-state index in [0.717, 1.165) is 30.8 Å². The molecule has 0 spiro atoms. The van der Waals surface area contributed by atoms with Gasteiger partial charge in [-0.25, -0.2) is 4.68 Å². The van der Waals surface area contributed by atoms with E-state index in [0.29, 0.717) is 31.2 Å². The monoisotopic (exact) mass is 351 g/mol. The quantitative estimate of drug-likeness (QED) is 0.806. The zero-order valence-corrected chi connectivity index (χ0v) is 14.7. The highest BCUT2D eigenvalue weighted by Gasteiger charge is 2.34. The van der Waals surface area contributed by atoms with Crippen molar-refractivity contribution in [2.45, 2.75) is 38.4 Å². The molecule has 1 aromatic carbocycles. The average Bonchev–Trinajstić information content (AvgIpc) is 3.40. The van der Waals surface area contributed by atoms with Crippen LogP contribution in [0.5, 0.6) is 0 Å². The third-order valence-corrected chi connectivity index (χ3v) is 5.14. The molecule has 1 aliphatic heterocycles. The Balaban J connectivity index is 1.39. The second kappa shape index (κ2) is 6.84. The molecule has 1 saturated carbocycles. The average molecular weight is 351 g/mol. The number of benzene rings is 1. The second-order valence-corrected chi connectivity index (χ2v) is 6.98. The van der Waals surface area contributed by atoms with Gasteiger partial charge in [-0.3, -0.25) is 9.69 Å². The first-order valence-electron chi connectivity index (χ1n) is 8.94. The number of amides is 1. The summed E-state index contributed by atoms with van der Waals surface area (Å²) in [5.41, 5.74) is 1.67. The number of aromatic nitrogens is 4. The minimum absolute atomic E-state index is 0.0200. The van der Waals surface area contributed by atoms with E-state index >= 15 is 0 Å². The third kappa shape index (κ3) is 3.30. The number of tetrazole rings is 1. The first kappa shape index (κ1) is 16.7. The van der Waals surface area contributed by atoms with Crippen LogP contribution in [0.25, 0.3) is 0 Å². The molecule has 8 nitrogen and oxygen atoms in total. The molecule has 2 aromatic rings. The summed E-state index contributed by atoms with van der Waals surface area (Å²) < 4.78 is 1.91. The van der Waals surface area contributed by atoms with E-state index in [-0.39, 0.29) is 11.9 Å². The molecule has 0 N–H and O–H groups in total. The summed E-state index contributed by atoms with van der Waals surface area (Å²) in [5.74, 6) is 0.957. The largest absolute Gasteiger partial charge is 0.336 e. The number of piperazine rings is 1. The van der Waals surface area contributed by atoms with Gasteiger partial charge in [-0.15, -0.1) is 5.10 Å². The predicted molar refractivity (Wildman–Crippen MR) is 92.7 cm³/mol. The van der Waals surface area contributed by atoms with Crippen molar-refractivity contribution in [3.8, 4) is 6.07 Å². The van der Waals surface area contributed by atoms with E-state index in [1.165, 1.54) is 0 Å². The van der Waals surface area contributed by atoms with Crippen molar-refractivity contribution in [2.75, 3.05) is 19.6 Å². The maximum Gasteiger partial charge on any atom is 0.237 e. The Morgan fingerprint density at radius 3 is 2.69 bits per heavy atom.